The minimum atomic E-state index is -0.449. The van der Waals surface area contributed by atoms with Crippen molar-refractivity contribution in [1.29, 1.82) is 0 Å². The summed E-state index contributed by atoms with van der Waals surface area (Å²) in [6, 6.07) is 18.8. The van der Waals surface area contributed by atoms with Gasteiger partial charge in [0.1, 0.15) is 18.1 Å². The van der Waals surface area contributed by atoms with Crippen LogP contribution in [0.15, 0.2) is 72.4 Å². The fraction of sp³-hybridized carbons (Fsp3) is 0.120. The maximum atomic E-state index is 12.8. The largest absolute Gasteiger partial charge is 0.488 e. The summed E-state index contributed by atoms with van der Waals surface area (Å²) in [6.07, 6.45) is 1.64. The van der Waals surface area contributed by atoms with E-state index in [-0.39, 0.29) is 30.4 Å². The van der Waals surface area contributed by atoms with E-state index in [0.717, 1.165) is 25.8 Å². The summed E-state index contributed by atoms with van der Waals surface area (Å²) in [4.78, 5) is 36.7. The zero-order chi connectivity index (χ0) is 24.2. The number of hydrogen-bond donors (Lipinski definition) is 1. The zero-order valence-electron chi connectivity index (χ0n) is 18.2. The van der Waals surface area contributed by atoms with Gasteiger partial charge in [0.15, 0.2) is 0 Å². The molecular weight excluding hydrogens is 549 g/mol. The van der Waals surface area contributed by atoms with Crippen LogP contribution in [0.4, 0.5) is 10.5 Å². The van der Waals surface area contributed by atoms with Crippen LogP contribution >= 0.6 is 22.6 Å². The third kappa shape index (κ3) is 5.42. The quantitative estimate of drug-likeness (QED) is 0.139. The van der Waals surface area contributed by atoms with Gasteiger partial charge in [-0.1, -0.05) is 35.9 Å². The van der Waals surface area contributed by atoms with Gasteiger partial charge in [-0.25, -0.2) is 4.79 Å². The molecule has 0 aliphatic carbocycles. The topological polar surface area (TPSA) is 102 Å². The smallest absolute Gasteiger partial charge is 0.329 e. The van der Waals surface area contributed by atoms with E-state index in [9.17, 15) is 19.7 Å². The third-order valence-corrected chi connectivity index (χ3v) is 6.04. The predicted octanol–water partition coefficient (Wildman–Crippen LogP) is 5.18. The lowest BCUT2D eigenvalue weighted by Gasteiger charge is -2.12. The minimum absolute atomic E-state index is 0.0294. The van der Waals surface area contributed by atoms with Crippen LogP contribution in [0, 0.1) is 20.6 Å². The molecule has 0 aromatic heterocycles. The summed E-state index contributed by atoms with van der Waals surface area (Å²) >= 11 is 2.13. The maximum Gasteiger partial charge on any atom is 0.329 e. The molecule has 4 rings (SSSR count). The Kier molecular flexibility index (Phi) is 6.92. The number of nitro benzene ring substituents is 1. The maximum absolute atomic E-state index is 12.8. The molecule has 0 saturated carbocycles. The Hall–Kier alpha value is -3.73. The number of hydrogen-bond acceptors (Lipinski definition) is 5. The number of nitrogens with zero attached hydrogens (tertiary/aromatic N) is 2. The van der Waals surface area contributed by atoms with Crippen molar-refractivity contribution >= 4 is 46.3 Å². The molecule has 9 heteroatoms. The molecule has 0 radical (unpaired) electrons. The summed E-state index contributed by atoms with van der Waals surface area (Å²) in [6.45, 7) is 2.43. The van der Waals surface area contributed by atoms with Crippen LogP contribution in [0.5, 0.6) is 5.75 Å². The van der Waals surface area contributed by atoms with Crippen LogP contribution in [-0.4, -0.2) is 21.8 Å². The number of carbonyl (C=O) groups excluding carboxylic acids is 2. The normalized spacial score (nSPS) is 14.4. The number of non-ortho nitro benzene ring substituents is 1. The van der Waals surface area contributed by atoms with Gasteiger partial charge in [-0.3, -0.25) is 19.8 Å². The van der Waals surface area contributed by atoms with Crippen LogP contribution in [0.2, 0.25) is 0 Å². The second kappa shape index (κ2) is 10.0. The van der Waals surface area contributed by atoms with Crippen molar-refractivity contribution in [3.05, 3.63) is 108 Å². The molecule has 1 aliphatic rings. The standard InChI is InChI=1S/C25H20IN3O5/c1-16-3-2-4-19(11-16)14-28-24(30)22(27-25(28)31)13-18-7-10-23(21(26)12-18)34-15-17-5-8-20(9-6-17)29(32)33/h2-13H,14-15H2,1H3,(H,27,31)/b22-13+. The van der Waals surface area contributed by atoms with E-state index < -0.39 is 11.0 Å². The first-order chi connectivity index (χ1) is 16.3. The van der Waals surface area contributed by atoms with Crippen molar-refractivity contribution in [2.45, 2.75) is 20.1 Å². The Labute approximate surface area is 209 Å². The highest BCUT2D eigenvalue weighted by Crippen LogP contribution is 2.25. The van der Waals surface area contributed by atoms with Gasteiger partial charge in [0.25, 0.3) is 11.6 Å². The van der Waals surface area contributed by atoms with Crippen LogP contribution in [-0.2, 0) is 17.9 Å². The second-order valence-corrected chi connectivity index (χ2v) is 8.93. The monoisotopic (exact) mass is 569 g/mol. The van der Waals surface area contributed by atoms with Crippen molar-refractivity contribution in [1.82, 2.24) is 10.2 Å². The lowest BCUT2D eigenvalue weighted by Crippen LogP contribution is -2.30. The zero-order valence-corrected chi connectivity index (χ0v) is 20.3. The summed E-state index contributed by atoms with van der Waals surface area (Å²) in [5.74, 6) is 0.268. The second-order valence-electron chi connectivity index (χ2n) is 7.77. The summed E-state index contributed by atoms with van der Waals surface area (Å²) in [7, 11) is 0. The van der Waals surface area contributed by atoms with Crippen LogP contribution < -0.4 is 10.1 Å². The van der Waals surface area contributed by atoms with Gasteiger partial charge in [-0.2, -0.15) is 0 Å². The highest BCUT2D eigenvalue weighted by Gasteiger charge is 2.33. The Morgan fingerprint density at radius 3 is 2.50 bits per heavy atom. The van der Waals surface area contributed by atoms with Gasteiger partial charge in [-0.05, 0) is 76.5 Å². The van der Waals surface area contributed by atoms with Gasteiger partial charge >= 0.3 is 6.03 Å². The van der Waals surface area contributed by atoms with E-state index in [4.69, 9.17) is 4.74 Å². The predicted molar refractivity (Wildman–Crippen MR) is 135 cm³/mol. The van der Waals surface area contributed by atoms with E-state index >= 15 is 0 Å². The van der Waals surface area contributed by atoms with Crippen molar-refractivity contribution in [3.63, 3.8) is 0 Å². The molecular formula is C25H20IN3O5. The Balaban J connectivity index is 1.43. The molecule has 0 bridgehead atoms. The fourth-order valence-corrected chi connectivity index (χ4v) is 4.17. The lowest BCUT2D eigenvalue weighted by molar-refractivity contribution is -0.384. The van der Waals surface area contributed by atoms with Gasteiger partial charge in [-0.15, -0.1) is 0 Å². The van der Waals surface area contributed by atoms with Crippen LogP contribution in [0.3, 0.4) is 0 Å². The third-order valence-electron chi connectivity index (χ3n) is 5.19. The number of rotatable bonds is 7. The molecule has 1 aliphatic heterocycles. The Morgan fingerprint density at radius 2 is 1.82 bits per heavy atom. The number of carbonyl (C=O) groups is 2. The molecule has 1 fully saturated rings. The van der Waals surface area contributed by atoms with E-state index in [0.29, 0.717) is 5.75 Å². The summed E-state index contributed by atoms with van der Waals surface area (Å²) < 4.78 is 6.66. The first-order valence-electron chi connectivity index (χ1n) is 10.4. The molecule has 172 valence electrons. The molecule has 8 nitrogen and oxygen atoms in total. The van der Waals surface area contributed by atoms with Crippen molar-refractivity contribution < 1.29 is 19.2 Å². The number of ether oxygens (including phenoxy) is 1. The van der Waals surface area contributed by atoms with Crippen molar-refractivity contribution in [2.75, 3.05) is 0 Å². The van der Waals surface area contributed by atoms with Gasteiger partial charge < -0.3 is 10.1 Å². The average molecular weight is 569 g/mol. The number of urea groups is 1. The fourth-order valence-electron chi connectivity index (χ4n) is 3.47. The first kappa shape index (κ1) is 23.4. The van der Waals surface area contributed by atoms with Crippen molar-refractivity contribution in [2.24, 2.45) is 0 Å². The minimum Gasteiger partial charge on any atom is -0.488 e. The number of nitrogens with one attached hydrogen (secondary N) is 1. The molecule has 34 heavy (non-hydrogen) atoms. The highest BCUT2D eigenvalue weighted by atomic mass is 127. The molecule has 1 heterocycles. The van der Waals surface area contributed by atoms with Crippen molar-refractivity contribution in [3.8, 4) is 5.75 Å². The SMILES string of the molecule is Cc1cccc(CN2C(=O)N/C(=C/c3ccc(OCc4ccc([N+](=O)[O-])cc4)c(I)c3)C2=O)c1. The first-order valence-corrected chi connectivity index (χ1v) is 11.4. The molecule has 3 aromatic rings. The van der Waals surface area contributed by atoms with Crippen LogP contribution in [0.25, 0.3) is 6.08 Å². The van der Waals surface area contributed by atoms with Gasteiger partial charge in [0.2, 0.25) is 0 Å². The number of benzene rings is 3. The summed E-state index contributed by atoms with van der Waals surface area (Å²) in [5.41, 5.74) is 3.74. The number of aryl methyl sites for hydroxylation is 1. The number of imide groups is 1. The molecule has 0 spiro atoms. The summed E-state index contributed by atoms with van der Waals surface area (Å²) in [5, 5.41) is 13.4. The van der Waals surface area contributed by atoms with Crippen LogP contribution in [0.1, 0.15) is 22.3 Å². The lowest BCUT2D eigenvalue weighted by atomic mass is 10.1. The number of halogens is 1. The average Bonchev–Trinajstić information content (AvgIpc) is 3.06. The van der Waals surface area contributed by atoms with Gasteiger partial charge in [0, 0.05) is 12.1 Å². The Bertz CT molecular complexity index is 1300. The molecule has 3 amide bonds. The van der Waals surface area contributed by atoms with E-state index in [1.165, 1.54) is 17.0 Å². The molecule has 1 saturated heterocycles. The Morgan fingerprint density at radius 1 is 1.06 bits per heavy atom. The number of amides is 3. The van der Waals surface area contributed by atoms with Gasteiger partial charge in [0.05, 0.1) is 15.0 Å². The number of nitro groups is 1. The highest BCUT2D eigenvalue weighted by molar-refractivity contribution is 14.1. The van der Waals surface area contributed by atoms with E-state index in [1.54, 1.807) is 30.3 Å². The van der Waals surface area contributed by atoms with E-state index in [2.05, 4.69) is 27.9 Å². The van der Waals surface area contributed by atoms with E-state index in [1.807, 2.05) is 37.3 Å². The molecule has 3 aromatic carbocycles. The molecule has 0 unspecified atom stereocenters. The molecule has 1 N–H and O–H groups in total. The molecule has 0 atom stereocenters.